The Labute approximate surface area is 220 Å². The maximum Gasteiger partial charge on any atom is 0.272 e. The fraction of sp³-hybridized carbons (Fsp3) is 0.346. The van der Waals surface area contributed by atoms with Crippen molar-refractivity contribution in [2.75, 3.05) is 12.4 Å². The molecule has 0 saturated carbocycles. The number of carbonyl (C=O) groups excluding carboxylic acids is 1. The first-order chi connectivity index (χ1) is 17.9. The van der Waals surface area contributed by atoms with Crippen molar-refractivity contribution in [3.8, 4) is 28.4 Å². The molecule has 2 N–H and O–H groups in total. The predicted octanol–water partition coefficient (Wildman–Crippen LogP) is 4.39. The Bertz CT molecular complexity index is 1340. The average molecular weight is 524 g/mol. The quantitative estimate of drug-likeness (QED) is 0.252. The Morgan fingerprint density at radius 1 is 1.19 bits per heavy atom. The number of nitrogens with one attached hydrogen (secondary N) is 2. The Kier molecular flexibility index (Phi) is 8.54. The number of rotatable bonds is 11. The number of thiol groups is 1. The zero-order valence-corrected chi connectivity index (χ0v) is 21.9. The molecule has 0 radical (unpaired) electrons. The molecule has 0 aliphatic rings. The van der Waals surface area contributed by atoms with E-state index in [-0.39, 0.29) is 24.2 Å². The molecule has 2 aromatic heterocycles. The van der Waals surface area contributed by atoms with Gasteiger partial charge in [0.15, 0.2) is 11.5 Å². The van der Waals surface area contributed by atoms with E-state index in [2.05, 4.69) is 57.5 Å². The van der Waals surface area contributed by atoms with Crippen LogP contribution in [0.1, 0.15) is 43.2 Å². The number of ether oxygens (including phenoxy) is 1. The second-order valence-electron chi connectivity index (χ2n) is 9.04. The third kappa shape index (κ3) is 6.34. The van der Waals surface area contributed by atoms with Crippen LogP contribution in [0, 0.1) is 11.7 Å². The average Bonchev–Trinajstić information content (AvgIpc) is 3.55. The topological polar surface area (TPSA) is 111 Å². The molecule has 4 rings (SSSR count). The maximum atomic E-state index is 15.3. The third-order valence-corrected chi connectivity index (χ3v) is 6.23. The van der Waals surface area contributed by atoms with Crippen LogP contribution < -0.4 is 10.1 Å². The summed E-state index contributed by atoms with van der Waals surface area (Å²) in [6, 6.07) is 14.0. The minimum absolute atomic E-state index is 0.0721. The minimum atomic E-state index is -0.404. The summed E-state index contributed by atoms with van der Waals surface area (Å²) >= 11 is 4.35. The van der Waals surface area contributed by atoms with E-state index >= 15 is 4.39 Å². The highest BCUT2D eigenvalue weighted by Crippen LogP contribution is 2.31. The Morgan fingerprint density at radius 3 is 2.62 bits per heavy atom. The lowest BCUT2D eigenvalue weighted by molar-refractivity contribution is 0.0931. The molecule has 2 aromatic carbocycles. The van der Waals surface area contributed by atoms with Gasteiger partial charge in [-0.1, -0.05) is 50.2 Å². The van der Waals surface area contributed by atoms with Crippen LogP contribution in [0.25, 0.3) is 22.5 Å². The van der Waals surface area contributed by atoms with Gasteiger partial charge in [-0.25, -0.2) is 14.2 Å². The molecular formula is C26H30FN7O2S. The SMILES string of the molecule is CCOc1cc(C(=O)N[C@@H](CS)CC(C)C)nn1Cc1ccc(-c2ccccc2-c2nnn[nH]2)cc1F. The van der Waals surface area contributed by atoms with Crippen LogP contribution in [-0.2, 0) is 6.54 Å². The van der Waals surface area contributed by atoms with Gasteiger partial charge in [-0.2, -0.15) is 17.7 Å². The number of benzene rings is 2. The lowest BCUT2D eigenvalue weighted by Gasteiger charge is -2.17. The summed E-state index contributed by atoms with van der Waals surface area (Å²) in [4.78, 5) is 12.8. The number of carbonyl (C=O) groups is 1. The molecule has 2 heterocycles. The van der Waals surface area contributed by atoms with Crippen LogP contribution in [0.15, 0.2) is 48.5 Å². The molecule has 1 amide bonds. The molecule has 11 heteroatoms. The van der Waals surface area contributed by atoms with Gasteiger partial charge in [-0.3, -0.25) is 4.79 Å². The first-order valence-corrected chi connectivity index (χ1v) is 12.8. The lowest BCUT2D eigenvalue weighted by Crippen LogP contribution is -2.37. The summed E-state index contributed by atoms with van der Waals surface area (Å²) in [5, 5.41) is 21.4. The summed E-state index contributed by atoms with van der Waals surface area (Å²) in [5.41, 5.74) is 2.86. The Morgan fingerprint density at radius 2 is 1.97 bits per heavy atom. The van der Waals surface area contributed by atoms with Gasteiger partial charge in [-0.05, 0) is 46.9 Å². The van der Waals surface area contributed by atoms with Gasteiger partial charge >= 0.3 is 0 Å². The summed E-state index contributed by atoms with van der Waals surface area (Å²) in [5.74, 6) is 1.12. The van der Waals surface area contributed by atoms with Gasteiger partial charge in [0.25, 0.3) is 5.91 Å². The molecule has 0 aliphatic heterocycles. The molecule has 194 valence electrons. The minimum Gasteiger partial charge on any atom is -0.478 e. The van der Waals surface area contributed by atoms with Crippen LogP contribution in [0.3, 0.4) is 0 Å². The number of H-pyrrole nitrogens is 1. The van der Waals surface area contributed by atoms with Gasteiger partial charge in [0.2, 0.25) is 5.88 Å². The number of aromatic amines is 1. The van der Waals surface area contributed by atoms with Gasteiger partial charge in [-0.15, -0.1) is 5.10 Å². The van der Waals surface area contributed by atoms with Crippen molar-refractivity contribution in [3.63, 3.8) is 0 Å². The smallest absolute Gasteiger partial charge is 0.272 e. The predicted molar refractivity (Wildman–Crippen MR) is 142 cm³/mol. The van der Waals surface area contributed by atoms with Crippen LogP contribution in [-0.4, -0.2) is 54.7 Å². The molecule has 1 atom stereocenters. The fourth-order valence-electron chi connectivity index (χ4n) is 4.11. The molecule has 0 saturated heterocycles. The highest BCUT2D eigenvalue weighted by Gasteiger charge is 2.20. The second kappa shape index (κ2) is 12.0. The molecule has 0 spiro atoms. The van der Waals surface area contributed by atoms with Crippen molar-refractivity contribution in [1.29, 1.82) is 0 Å². The molecule has 0 fully saturated rings. The number of amides is 1. The molecular weight excluding hydrogens is 493 g/mol. The molecule has 37 heavy (non-hydrogen) atoms. The highest BCUT2D eigenvalue weighted by molar-refractivity contribution is 7.80. The van der Waals surface area contributed by atoms with Crippen molar-refractivity contribution >= 4 is 18.5 Å². The van der Waals surface area contributed by atoms with Crippen molar-refractivity contribution in [3.05, 3.63) is 65.6 Å². The van der Waals surface area contributed by atoms with Crippen LogP contribution >= 0.6 is 12.6 Å². The van der Waals surface area contributed by atoms with E-state index in [1.807, 2.05) is 37.3 Å². The summed E-state index contributed by atoms with van der Waals surface area (Å²) in [7, 11) is 0. The number of nitrogens with zero attached hydrogens (tertiary/aromatic N) is 5. The van der Waals surface area contributed by atoms with Crippen molar-refractivity contribution < 1.29 is 13.9 Å². The summed E-state index contributed by atoms with van der Waals surface area (Å²) in [6.07, 6.45) is 0.807. The lowest BCUT2D eigenvalue weighted by atomic mass is 9.98. The number of halogens is 1. The first-order valence-electron chi connectivity index (χ1n) is 12.1. The van der Waals surface area contributed by atoms with Crippen molar-refractivity contribution in [2.24, 2.45) is 5.92 Å². The van der Waals surface area contributed by atoms with Gasteiger partial charge in [0.1, 0.15) is 5.82 Å². The number of tetrazole rings is 1. The highest BCUT2D eigenvalue weighted by atomic mass is 32.1. The molecule has 4 aromatic rings. The standard InChI is InChI=1S/C26H30FN7O2S/c1-4-36-24-13-23(26(35)28-19(15-37)11-16(2)3)31-34(24)14-18-10-9-17(12-22(18)27)20-7-5-6-8-21(20)25-29-32-33-30-25/h5-10,12-13,16,19,37H,4,11,14-15H2,1-3H3,(H,28,35)(H,29,30,32,33)/t19-/m1/s1. The van der Waals surface area contributed by atoms with E-state index in [0.717, 1.165) is 17.5 Å². The largest absolute Gasteiger partial charge is 0.478 e. The summed E-state index contributed by atoms with van der Waals surface area (Å²) < 4.78 is 22.5. The third-order valence-electron chi connectivity index (χ3n) is 5.79. The summed E-state index contributed by atoms with van der Waals surface area (Å²) in [6.45, 7) is 6.51. The normalized spacial score (nSPS) is 12.1. The number of hydrogen-bond donors (Lipinski definition) is 3. The van der Waals surface area contributed by atoms with Gasteiger partial charge < -0.3 is 10.1 Å². The van der Waals surface area contributed by atoms with E-state index in [0.29, 0.717) is 41.1 Å². The first kappa shape index (κ1) is 26.3. The van der Waals surface area contributed by atoms with Crippen molar-refractivity contribution in [2.45, 2.75) is 39.8 Å². The van der Waals surface area contributed by atoms with Gasteiger partial charge in [0.05, 0.1) is 13.2 Å². The van der Waals surface area contributed by atoms with E-state index in [1.165, 1.54) is 10.7 Å². The zero-order valence-electron chi connectivity index (χ0n) is 21.0. The second-order valence-corrected chi connectivity index (χ2v) is 9.41. The van der Waals surface area contributed by atoms with Crippen LogP contribution in [0.5, 0.6) is 5.88 Å². The Balaban J connectivity index is 1.57. The molecule has 9 nitrogen and oxygen atoms in total. The fourth-order valence-corrected chi connectivity index (χ4v) is 4.35. The van der Waals surface area contributed by atoms with E-state index < -0.39 is 5.82 Å². The van der Waals surface area contributed by atoms with Crippen LogP contribution in [0.2, 0.25) is 0 Å². The Hall–Kier alpha value is -3.73. The van der Waals surface area contributed by atoms with Crippen molar-refractivity contribution in [1.82, 2.24) is 35.7 Å². The van der Waals surface area contributed by atoms with E-state index in [9.17, 15) is 4.79 Å². The van der Waals surface area contributed by atoms with E-state index in [4.69, 9.17) is 4.74 Å². The van der Waals surface area contributed by atoms with Gasteiger partial charge in [0, 0.05) is 29.0 Å². The van der Waals surface area contributed by atoms with E-state index in [1.54, 1.807) is 12.1 Å². The molecule has 0 unspecified atom stereocenters. The van der Waals surface area contributed by atoms with Crippen LogP contribution in [0.4, 0.5) is 4.39 Å². The maximum absolute atomic E-state index is 15.3. The zero-order chi connectivity index (χ0) is 26.4. The number of aromatic nitrogens is 6. The monoisotopic (exact) mass is 523 g/mol. The number of hydrogen-bond acceptors (Lipinski definition) is 7. The molecule has 0 aliphatic carbocycles. The molecule has 0 bridgehead atoms.